The quantitative estimate of drug-likeness (QED) is 0.520. The largest absolute Gasteiger partial charge is 0.444 e. The SMILES string of the molecule is C=C1C=CCC2C(=O)N(COC(C)=O)C(=O)C12. The number of carbonyl (C=O) groups is 3. The van der Waals surface area contributed by atoms with Crippen molar-refractivity contribution in [3.05, 3.63) is 24.3 Å². The molecule has 0 bridgehead atoms. The molecule has 2 atom stereocenters. The Kier molecular flexibility index (Phi) is 2.83. The van der Waals surface area contributed by atoms with Gasteiger partial charge in [0.2, 0.25) is 11.8 Å². The number of imide groups is 1. The van der Waals surface area contributed by atoms with Crippen molar-refractivity contribution in [2.24, 2.45) is 11.8 Å². The van der Waals surface area contributed by atoms with Gasteiger partial charge in [0.15, 0.2) is 6.73 Å². The first-order valence-corrected chi connectivity index (χ1v) is 5.36. The van der Waals surface area contributed by atoms with Crippen molar-refractivity contribution in [2.75, 3.05) is 6.73 Å². The number of nitrogens with zero attached hydrogens (tertiary/aromatic N) is 1. The summed E-state index contributed by atoms with van der Waals surface area (Å²) in [5, 5.41) is 0. The highest BCUT2D eigenvalue weighted by Gasteiger charge is 2.48. The highest BCUT2D eigenvalue weighted by molar-refractivity contribution is 6.07. The summed E-state index contributed by atoms with van der Waals surface area (Å²) in [6.45, 7) is 4.71. The van der Waals surface area contributed by atoms with Gasteiger partial charge in [-0.1, -0.05) is 18.7 Å². The lowest BCUT2D eigenvalue weighted by Crippen LogP contribution is -2.34. The monoisotopic (exact) mass is 235 g/mol. The zero-order valence-corrected chi connectivity index (χ0v) is 9.51. The molecular formula is C12H13NO4. The number of ether oxygens (including phenoxy) is 1. The van der Waals surface area contributed by atoms with Crippen LogP contribution < -0.4 is 0 Å². The van der Waals surface area contributed by atoms with Crippen molar-refractivity contribution < 1.29 is 19.1 Å². The van der Waals surface area contributed by atoms with Gasteiger partial charge in [-0.2, -0.15) is 0 Å². The van der Waals surface area contributed by atoms with Crippen LogP contribution in [0, 0.1) is 11.8 Å². The van der Waals surface area contributed by atoms with Gasteiger partial charge in [0.1, 0.15) is 0 Å². The summed E-state index contributed by atoms with van der Waals surface area (Å²) >= 11 is 0. The molecule has 0 aromatic heterocycles. The summed E-state index contributed by atoms with van der Waals surface area (Å²) in [5.74, 6) is -1.99. The maximum atomic E-state index is 12.0. The van der Waals surface area contributed by atoms with E-state index >= 15 is 0 Å². The van der Waals surface area contributed by atoms with E-state index in [0.29, 0.717) is 12.0 Å². The Balaban J connectivity index is 2.17. The van der Waals surface area contributed by atoms with Crippen LogP contribution in [0.4, 0.5) is 0 Å². The smallest absolute Gasteiger partial charge is 0.304 e. The lowest BCUT2D eigenvalue weighted by Gasteiger charge is -2.17. The molecule has 2 aliphatic rings. The molecule has 2 amide bonds. The summed E-state index contributed by atoms with van der Waals surface area (Å²) in [7, 11) is 0. The van der Waals surface area contributed by atoms with E-state index in [1.807, 2.05) is 6.08 Å². The van der Waals surface area contributed by atoms with E-state index < -0.39 is 11.9 Å². The van der Waals surface area contributed by atoms with E-state index in [1.165, 1.54) is 6.92 Å². The average Bonchev–Trinajstić information content (AvgIpc) is 2.50. The molecule has 5 nitrogen and oxygen atoms in total. The van der Waals surface area contributed by atoms with Crippen LogP contribution in [0.15, 0.2) is 24.3 Å². The van der Waals surface area contributed by atoms with Crippen LogP contribution in [-0.4, -0.2) is 29.4 Å². The summed E-state index contributed by atoms with van der Waals surface area (Å²) in [5.41, 5.74) is 0.643. The van der Waals surface area contributed by atoms with Gasteiger partial charge in [-0.05, 0) is 12.0 Å². The number of fused-ring (bicyclic) bond motifs is 1. The topological polar surface area (TPSA) is 63.7 Å². The van der Waals surface area contributed by atoms with Crippen molar-refractivity contribution in [3.63, 3.8) is 0 Å². The fourth-order valence-corrected chi connectivity index (χ4v) is 2.20. The molecule has 1 heterocycles. The van der Waals surface area contributed by atoms with Crippen molar-refractivity contribution in [1.29, 1.82) is 0 Å². The second kappa shape index (κ2) is 4.16. The van der Waals surface area contributed by atoms with Gasteiger partial charge in [0, 0.05) is 6.92 Å². The minimum absolute atomic E-state index is 0.285. The lowest BCUT2D eigenvalue weighted by atomic mass is 9.82. The zero-order valence-electron chi connectivity index (χ0n) is 9.51. The molecule has 17 heavy (non-hydrogen) atoms. The third-order valence-electron chi connectivity index (χ3n) is 3.04. The number of amides is 2. The molecule has 5 heteroatoms. The maximum Gasteiger partial charge on any atom is 0.304 e. The zero-order chi connectivity index (χ0) is 12.6. The molecule has 90 valence electrons. The van der Waals surface area contributed by atoms with E-state index in [2.05, 4.69) is 6.58 Å². The standard InChI is InChI=1S/C12H13NO4/c1-7-4-3-5-9-10(7)12(16)13(11(9)15)6-17-8(2)14/h3-4,9-10H,1,5-6H2,2H3. The highest BCUT2D eigenvalue weighted by Crippen LogP contribution is 2.37. The predicted octanol–water partition coefficient (Wildman–Crippen LogP) is 0.624. The maximum absolute atomic E-state index is 12.0. The van der Waals surface area contributed by atoms with Crippen molar-refractivity contribution in [1.82, 2.24) is 4.90 Å². The Bertz CT molecular complexity index is 438. The Morgan fingerprint density at radius 3 is 2.82 bits per heavy atom. The molecule has 0 N–H and O–H groups in total. The Morgan fingerprint density at radius 1 is 1.53 bits per heavy atom. The number of hydrogen-bond donors (Lipinski definition) is 0. The number of hydrogen-bond acceptors (Lipinski definition) is 4. The van der Waals surface area contributed by atoms with Gasteiger partial charge < -0.3 is 4.74 Å². The molecule has 1 saturated heterocycles. The second-order valence-electron chi connectivity index (χ2n) is 4.17. The van der Waals surface area contributed by atoms with Crippen LogP contribution in [0.2, 0.25) is 0 Å². The summed E-state index contributed by atoms with van der Waals surface area (Å²) in [6.07, 6.45) is 4.14. The number of likely N-dealkylation sites (tertiary alicyclic amines) is 1. The lowest BCUT2D eigenvalue weighted by molar-refractivity contribution is -0.154. The Labute approximate surface area is 98.7 Å². The molecule has 1 aliphatic carbocycles. The number of rotatable bonds is 2. The van der Waals surface area contributed by atoms with Crippen molar-refractivity contribution in [2.45, 2.75) is 13.3 Å². The molecule has 1 fully saturated rings. The first-order chi connectivity index (χ1) is 8.02. The van der Waals surface area contributed by atoms with Crippen LogP contribution >= 0.6 is 0 Å². The fourth-order valence-electron chi connectivity index (χ4n) is 2.20. The third kappa shape index (κ3) is 1.88. The average molecular weight is 235 g/mol. The summed E-state index contributed by atoms with van der Waals surface area (Å²) < 4.78 is 4.70. The molecule has 0 aromatic rings. The Morgan fingerprint density at radius 2 is 2.24 bits per heavy atom. The highest BCUT2D eigenvalue weighted by atomic mass is 16.5. The van der Waals surface area contributed by atoms with Crippen LogP contribution in [-0.2, 0) is 19.1 Å². The van der Waals surface area contributed by atoms with Crippen LogP contribution in [0.1, 0.15) is 13.3 Å². The predicted molar refractivity (Wildman–Crippen MR) is 58.4 cm³/mol. The van der Waals surface area contributed by atoms with E-state index in [4.69, 9.17) is 4.74 Å². The summed E-state index contributed by atoms with van der Waals surface area (Å²) in [4.78, 5) is 35.6. The van der Waals surface area contributed by atoms with Gasteiger partial charge in [-0.15, -0.1) is 0 Å². The first-order valence-electron chi connectivity index (χ1n) is 5.36. The minimum Gasteiger partial charge on any atom is -0.444 e. The van der Waals surface area contributed by atoms with E-state index in [0.717, 1.165) is 4.90 Å². The van der Waals surface area contributed by atoms with Gasteiger partial charge in [0.05, 0.1) is 11.8 Å². The molecule has 2 rings (SSSR count). The van der Waals surface area contributed by atoms with E-state index in [9.17, 15) is 14.4 Å². The fraction of sp³-hybridized carbons (Fsp3) is 0.417. The molecule has 0 spiro atoms. The molecule has 0 radical (unpaired) electrons. The van der Waals surface area contributed by atoms with Gasteiger partial charge in [0.25, 0.3) is 0 Å². The molecular weight excluding hydrogens is 222 g/mol. The van der Waals surface area contributed by atoms with Gasteiger partial charge >= 0.3 is 5.97 Å². The van der Waals surface area contributed by atoms with Gasteiger partial charge in [-0.3, -0.25) is 14.4 Å². The minimum atomic E-state index is -0.516. The number of allylic oxidation sites excluding steroid dienone is 2. The van der Waals surface area contributed by atoms with Crippen LogP contribution in [0.5, 0.6) is 0 Å². The summed E-state index contributed by atoms with van der Waals surface area (Å²) in [6, 6.07) is 0. The van der Waals surface area contributed by atoms with E-state index in [-0.39, 0.29) is 24.5 Å². The number of esters is 1. The molecule has 1 aliphatic heterocycles. The van der Waals surface area contributed by atoms with Gasteiger partial charge in [-0.25, -0.2) is 4.90 Å². The molecule has 0 saturated carbocycles. The normalized spacial score (nSPS) is 27.4. The molecule has 2 unspecified atom stereocenters. The third-order valence-corrected chi connectivity index (χ3v) is 3.04. The second-order valence-corrected chi connectivity index (χ2v) is 4.17. The van der Waals surface area contributed by atoms with Crippen LogP contribution in [0.25, 0.3) is 0 Å². The Hall–Kier alpha value is -1.91. The van der Waals surface area contributed by atoms with Crippen molar-refractivity contribution in [3.8, 4) is 0 Å². The molecule has 0 aromatic carbocycles. The number of carbonyl (C=O) groups excluding carboxylic acids is 3. The van der Waals surface area contributed by atoms with Crippen molar-refractivity contribution >= 4 is 17.8 Å². The van der Waals surface area contributed by atoms with E-state index in [1.54, 1.807) is 6.08 Å². The van der Waals surface area contributed by atoms with Crippen LogP contribution in [0.3, 0.4) is 0 Å². The first kappa shape index (κ1) is 11.6.